The molecule has 0 spiro atoms. The topological polar surface area (TPSA) is 64.4 Å². The Balaban J connectivity index is 2.43. The number of carbonyl (C=O) groups is 2. The standard InChI is InChI=1S/C14H19N3O3/c1-5-20-14(19)11-10-7-6-9(8-16(2)3)13(18)12(10)17(4)15-11/h8H,5-7H2,1-4H3. The third-order valence-corrected chi connectivity index (χ3v) is 3.18. The normalized spacial score (nSPS) is 16.2. The van der Waals surface area contributed by atoms with E-state index in [1.165, 1.54) is 4.68 Å². The number of fused-ring (bicyclic) bond motifs is 1. The maximum atomic E-state index is 12.5. The van der Waals surface area contributed by atoms with Crippen LogP contribution in [0, 0.1) is 0 Å². The van der Waals surface area contributed by atoms with E-state index in [0.29, 0.717) is 30.7 Å². The SMILES string of the molecule is CCOC(=O)c1nn(C)c2c1CCC(=CN(C)C)C2=O. The number of aromatic nitrogens is 2. The van der Waals surface area contributed by atoms with Gasteiger partial charge in [0, 0.05) is 38.5 Å². The van der Waals surface area contributed by atoms with Crippen LogP contribution in [0.3, 0.4) is 0 Å². The van der Waals surface area contributed by atoms with Gasteiger partial charge in [-0.1, -0.05) is 0 Å². The highest BCUT2D eigenvalue weighted by Gasteiger charge is 2.31. The zero-order valence-electron chi connectivity index (χ0n) is 12.3. The van der Waals surface area contributed by atoms with Crippen LogP contribution in [0.25, 0.3) is 0 Å². The molecule has 20 heavy (non-hydrogen) atoms. The fraction of sp³-hybridized carbons (Fsp3) is 0.500. The largest absolute Gasteiger partial charge is 0.461 e. The van der Waals surface area contributed by atoms with Gasteiger partial charge >= 0.3 is 5.97 Å². The molecule has 6 heteroatoms. The van der Waals surface area contributed by atoms with Crippen molar-refractivity contribution >= 4 is 11.8 Å². The molecule has 0 amide bonds. The zero-order chi connectivity index (χ0) is 14.9. The van der Waals surface area contributed by atoms with Crippen LogP contribution in [-0.4, -0.2) is 47.1 Å². The molecule has 0 atom stereocenters. The lowest BCUT2D eigenvalue weighted by molar-refractivity contribution is 0.0517. The first-order valence-electron chi connectivity index (χ1n) is 6.60. The molecule has 1 aromatic rings. The van der Waals surface area contributed by atoms with Gasteiger partial charge in [0.05, 0.1) is 6.61 Å². The number of ketones is 1. The number of hydrogen-bond acceptors (Lipinski definition) is 5. The Hall–Kier alpha value is -2.11. The van der Waals surface area contributed by atoms with Gasteiger partial charge in [-0.05, 0) is 19.8 Å². The van der Waals surface area contributed by atoms with Crippen LogP contribution in [0.4, 0.5) is 0 Å². The second-order valence-electron chi connectivity index (χ2n) is 4.97. The number of aryl methyl sites for hydroxylation is 1. The molecule has 0 aliphatic heterocycles. The van der Waals surface area contributed by atoms with E-state index in [0.717, 1.165) is 5.57 Å². The maximum Gasteiger partial charge on any atom is 0.359 e. The highest BCUT2D eigenvalue weighted by atomic mass is 16.5. The Bertz CT molecular complexity index is 585. The van der Waals surface area contributed by atoms with Crippen LogP contribution in [0.2, 0.25) is 0 Å². The van der Waals surface area contributed by atoms with Gasteiger partial charge in [-0.25, -0.2) is 4.79 Å². The van der Waals surface area contributed by atoms with Crippen molar-refractivity contribution in [2.75, 3.05) is 20.7 Å². The van der Waals surface area contributed by atoms with E-state index in [9.17, 15) is 9.59 Å². The Kier molecular flexibility index (Phi) is 3.92. The molecular weight excluding hydrogens is 258 g/mol. The molecule has 108 valence electrons. The zero-order valence-corrected chi connectivity index (χ0v) is 12.3. The van der Waals surface area contributed by atoms with Gasteiger partial charge in [0.25, 0.3) is 0 Å². The average molecular weight is 277 g/mol. The summed E-state index contributed by atoms with van der Waals surface area (Å²) < 4.78 is 6.46. The molecule has 1 aliphatic carbocycles. The third kappa shape index (κ3) is 2.45. The molecule has 1 heterocycles. The molecule has 2 rings (SSSR count). The molecule has 0 aromatic carbocycles. The number of carbonyl (C=O) groups excluding carboxylic acids is 2. The van der Waals surface area contributed by atoms with E-state index in [4.69, 9.17) is 4.74 Å². The van der Waals surface area contributed by atoms with Crippen molar-refractivity contribution < 1.29 is 14.3 Å². The first-order valence-corrected chi connectivity index (χ1v) is 6.60. The summed E-state index contributed by atoms with van der Waals surface area (Å²) in [7, 11) is 5.43. The third-order valence-electron chi connectivity index (χ3n) is 3.18. The summed E-state index contributed by atoms with van der Waals surface area (Å²) in [6.07, 6.45) is 3.06. The molecular formula is C14H19N3O3. The molecule has 0 saturated heterocycles. The fourth-order valence-corrected chi connectivity index (χ4v) is 2.41. The van der Waals surface area contributed by atoms with Crippen molar-refractivity contribution in [3.05, 3.63) is 28.7 Å². The lowest BCUT2D eigenvalue weighted by Gasteiger charge is -2.17. The predicted molar refractivity (Wildman–Crippen MR) is 73.6 cm³/mol. The molecule has 6 nitrogen and oxygen atoms in total. The van der Waals surface area contributed by atoms with Crippen molar-refractivity contribution in [3.8, 4) is 0 Å². The van der Waals surface area contributed by atoms with E-state index in [1.807, 2.05) is 25.2 Å². The summed E-state index contributed by atoms with van der Waals surface area (Å²) in [5.41, 5.74) is 2.20. The van der Waals surface area contributed by atoms with E-state index in [2.05, 4.69) is 5.10 Å². The number of esters is 1. The predicted octanol–water partition coefficient (Wildman–Crippen LogP) is 1.17. The Labute approximate surface area is 118 Å². The molecule has 1 aliphatic rings. The first kappa shape index (κ1) is 14.3. The van der Waals surface area contributed by atoms with Crippen LogP contribution in [0.15, 0.2) is 11.8 Å². The van der Waals surface area contributed by atoms with Gasteiger partial charge in [-0.3, -0.25) is 9.48 Å². The maximum absolute atomic E-state index is 12.5. The summed E-state index contributed by atoms with van der Waals surface area (Å²) >= 11 is 0. The van der Waals surface area contributed by atoms with Gasteiger partial charge < -0.3 is 9.64 Å². The summed E-state index contributed by atoms with van der Waals surface area (Å²) in [5.74, 6) is -0.525. The molecule has 1 aromatic heterocycles. The average Bonchev–Trinajstić information content (AvgIpc) is 2.71. The smallest absolute Gasteiger partial charge is 0.359 e. The van der Waals surface area contributed by atoms with Crippen LogP contribution in [0.1, 0.15) is 39.9 Å². The summed E-state index contributed by atoms with van der Waals surface area (Å²) in [5, 5.41) is 4.16. The Morgan fingerprint density at radius 2 is 2.15 bits per heavy atom. The minimum absolute atomic E-state index is 0.0644. The number of hydrogen-bond donors (Lipinski definition) is 0. The second-order valence-corrected chi connectivity index (χ2v) is 4.97. The number of allylic oxidation sites excluding steroid dienone is 1. The quantitative estimate of drug-likeness (QED) is 0.613. The minimum Gasteiger partial charge on any atom is -0.461 e. The van der Waals surface area contributed by atoms with Gasteiger partial charge in [0.2, 0.25) is 5.78 Å². The summed E-state index contributed by atoms with van der Waals surface area (Å²) in [4.78, 5) is 26.2. The monoisotopic (exact) mass is 277 g/mol. The van der Waals surface area contributed by atoms with Crippen molar-refractivity contribution in [1.29, 1.82) is 0 Å². The summed E-state index contributed by atoms with van der Waals surface area (Å²) in [6.45, 7) is 2.04. The molecule has 0 radical (unpaired) electrons. The van der Waals surface area contributed by atoms with E-state index in [-0.39, 0.29) is 11.5 Å². The fourth-order valence-electron chi connectivity index (χ4n) is 2.41. The van der Waals surface area contributed by atoms with Crippen molar-refractivity contribution in [2.45, 2.75) is 19.8 Å². The van der Waals surface area contributed by atoms with Crippen LogP contribution < -0.4 is 0 Å². The lowest BCUT2D eigenvalue weighted by atomic mass is 9.90. The molecule has 0 bridgehead atoms. The Morgan fingerprint density at radius 3 is 2.75 bits per heavy atom. The first-order chi connectivity index (χ1) is 9.45. The van der Waals surface area contributed by atoms with Gasteiger partial charge in [-0.2, -0.15) is 5.10 Å². The lowest BCUT2D eigenvalue weighted by Crippen LogP contribution is -2.20. The molecule has 0 saturated carbocycles. The Morgan fingerprint density at radius 1 is 1.45 bits per heavy atom. The molecule has 0 N–H and O–H groups in total. The number of nitrogens with zero attached hydrogens (tertiary/aromatic N) is 3. The second kappa shape index (κ2) is 5.48. The summed E-state index contributed by atoms with van der Waals surface area (Å²) in [6, 6.07) is 0. The van der Waals surface area contributed by atoms with E-state index >= 15 is 0 Å². The van der Waals surface area contributed by atoms with E-state index < -0.39 is 5.97 Å². The van der Waals surface area contributed by atoms with Crippen molar-refractivity contribution in [2.24, 2.45) is 7.05 Å². The molecule has 0 unspecified atom stereocenters. The number of ether oxygens (including phenoxy) is 1. The van der Waals surface area contributed by atoms with Crippen LogP contribution in [0.5, 0.6) is 0 Å². The van der Waals surface area contributed by atoms with Crippen molar-refractivity contribution in [3.63, 3.8) is 0 Å². The molecule has 0 fully saturated rings. The van der Waals surface area contributed by atoms with E-state index in [1.54, 1.807) is 14.0 Å². The van der Waals surface area contributed by atoms with Gasteiger partial charge in [0.15, 0.2) is 5.69 Å². The minimum atomic E-state index is -0.461. The van der Waals surface area contributed by atoms with Crippen LogP contribution >= 0.6 is 0 Å². The van der Waals surface area contributed by atoms with Gasteiger partial charge in [0.1, 0.15) is 5.69 Å². The van der Waals surface area contributed by atoms with Gasteiger partial charge in [-0.15, -0.1) is 0 Å². The number of Topliss-reactive ketones (excluding diaryl/α,β-unsaturated/α-hetero) is 1. The van der Waals surface area contributed by atoms with Crippen LogP contribution in [-0.2, 0) is 18.2 Å². The number of rotatable bonds is 3. The highest BCUT2D eigenvalue weighted by molar-refractivity contribution is 6.11. The van der Waals surface area contributed by atoms with Crippen molar-refractivity contribution in [1.82, 2.24) is 14.7 Å². The highest BCUT2D eigenvalue weighted by Crippen LogP contribution is 2.27.